The first kappa shape index (κ1) is 19.9. The Morgan fingerprint density at radius 2 is 2.03 bits per heavy atom. The maximum Gasteiger partial charge on any atom is 0.238 e. The zero-order chi connectivity index (χ0) is 21.0. The minimum atomic E-state index is -0.604. The first-order valence-corrected chi connectivity index (χ1v) is 9.41. The fraction of sp³-hybridized carbons (Fsp3) is 0.150. The van der Waals surface area contributed by atoms with Gasteiger partial charge in [-0.05, 0) is 37.6 Å². The lowest BCUT2D eigenvalue weighted by atomic mass is 10.0. The van der Waals surface area contributed by atoms with Gasteiger partial charge in [-0.2, -0.15) is 10.5 Å². The molecule has 29 heavy (non-hydrogen) atoms. The van der Waals surface area contributed by atoms with Crippen LogP contribution in [0.3, 0.4) is 0 Å². The molecule has 9 heteroatoms. The first-order valence-electron chi connectivity index (χ1n) is 8.53. The number of nitrogens with one attached hydrogen (secondary N) is 1. The molecule has 0 aliphatic heterocycles. The molecule has 0 aliphatic carbocycles. The Bertz CT molecular complexity index is 1150. The van der Waals surface area contributed by atoms with Crippen molar-refractivity contribution in [3.05, 3.63) is 53.4 Å². The van der Waals surface area contributed by atoms with Gasteiger partial charge in [0, 0.05) is 6.20 Å². The molecule has 0 aromatic carbocycles. The Morgan fingerprint density at radius 3 is 2.66 bits per heavy atom. The van der Waals surface area contributed by atoms with Crippen LogP contribution in [-0.4, -0.2) is 21.1 Å². The number of nitrogen functional groups attached to an aromatic ring is 1. The van der Waals surface area contributed by atoms with Gasteiger partial charge in [0.15, 0.2) is 0 Å². The van der Waals surface area contributed by atoms with Crippen LogP contribution in [-0.2, 0) is 4.79 Å². The van der Waals surface area contributed by atoms with E-state index in [1.165, 1.54) is 6.26 Å². The fourth-order valence-corrected chi connectivity index (χ4v) is 3.52. The molecule has 1 atom stereocenters. The summed E-state index contributed by atoms with van der Waals surface area (Å²) in [6, 6.07) is 10.9. The van der Waals surface area contributed by atoms with Gasteiger partial charge in [0.1, 0.15) is 40.1 Å². The Labute approximate surface area is 171 Å². The maximum absolute atomic E-state index is 12.6. The molecule has 1 unspecified atom stereocenters. The predicted octanol–water partition coefficient (Wildman–Crippen LogP) is 3.49. The van der Waals surface area contributed by atoms with Gasteiger partial charge in [-0.3, -0.25) is 4.79 Å². The number of nitrogens with two attached hydrogens (primary N) is 1. The van der Waals surface area contributed by atoms with Crippen LogP contribution in [0.15, 0.2) is 46.2 Å². The quantitative estimate of drug-likeness (QED) is 0.615. The minimum Gasteiger partial charge on any atom is -0.464 e. The lowest BCUT2D eigenvalue weighted by Gasteiger charge is -2.15. The molecule has 1 amide bonds. The Hall–Kier alpha value is -3.82. The molecular formula is C20H16N6O2S. The van der Waals surface area contributed by atoms with Gasteiger partial charge in [0.2, 0.25) is 5.91 Å². The summed E-state index contributed by atoms with van der Waals surface area (Å²) in [5.74, 6) is 0.461. The molecule has 0 aliphatic rings. The summed E-state index contributed by atoms with van der Waals surface area (Å²) >= 11 is 1.07. The van der Waals surface area contributed by atoms with Crippen molar-refractivity contribution in [1.29, 1.82) is 10.5 Å². The normalized spacial score (nSPS) is 11.3. The van der Waals surface area contributed by atoms with Gasteiger partial charge in [0.05, 0.1) is 22.6 Å². The average Bonchev–Trinajstić information content (AvgIpc) is 3.23. The number of carbonyl (C=O) groups excluding carboxylic acids is 1. The van der Waals surface area contributed by atoms with Crippen molar-refractivity contribution in [3.63, 3.8) is 0 Å². The van der Waals surface area contributed by atoms with Gasteiger partial charge in [-0.25, -0.2) is 9.97 Å². The Morgan fingerprint density at radius 1 is 1.28 bits per heavy atom. The summed E-state index contributed by atoms with van der Waals surface area (Å²) in [4.78, 5) is 20.9. The molecule has 3 heterocycles. The average molecular weight is 404 g/mol. The van der Waals surface area contributed by atoms with E-state index in [0.717, 1.165) is 17.3 Å². The predicted molar refractivity (Wildman–Crippen MR) is 109 cm³/mol. The summed E-state index contributed by atoms with van der Waals surface area (Å²) in [6.07, 6.45) is 3.03. The largest absolute Gasteiger partial charge is 0.464 e. The SMILES string of the molecule is Cc1cccnc1NC(=O)C(C)Sc1nc(N)c(C#N)c(-c2ccco2)c1C#N. The zero-order valence-corrected chi connectivity index (χ0v) is 16.4. The summed E-state index contributed by atoms with van der Waals surface area (Å²) in [7, 11) is 0. The van der Waals surface area contributed by atoms with E-state index in [0.29, 0.717) is 11.6 Å². The molecule has 3 rings (SSSR count). The van der Waals surface area contributed by atoms with Crippen LogP contribution in [0.5, 0.6) is 0 Å². The van der Waals surface area contributed by atoms with E-state index in [4.69, 9.17) is 10.2 Å². The van der Waals surface area contributed by atoms with Crippen molar-refractivity contribution in [2.45, 2.75) is 24.1 Å². The van der Waals surface area contributed by atoms with Crippen LogP contribution in [0.1, 0.15) is 23.6 Å². The number of nitrogens with zero attached hydrogens (tertiary/aromatic N) is 4. The Kier molecular flexibility index (Phi) is 5.82. The number of furan rings is 1. The van der Waals surface area contributed by atoms with E-state index < -0.39 is 5.25 Å². The van der Waals surface area contributed by atoms with Crippen molar-refractivity contribution in [2.75, 3.05) is 11.1 Å². The number of aryl methyl sites for hydroxylation is 1. The molecule has 144 valence electrons. The third-order valence-electron chi connectivity index (χ3n) is 4.09. The van der Waals surface area contributed by atoms with Crippen LogP contribution in [0.25, 0.3) is 11.3 Å². The molecule has 3 N–H and O–H groups in total. The highest BCUT2D eigenvalue weighted by Crippen LogP contribution is 2.37. The second kappa shape index (κ2) is 8.46. The maximum atomic E-state index is 12.6. The van der Waals surface area contributed by atoms with Crippen LogP contribution >= 0.6 is 11.8 Å². The standard InChI is InChI=1S/C20H16N6O2S/c1-11-5-3-7-24-18(11)26-19(27)12(2)29-20-14(10-22)16(15-6-4-8-28-15)13(9-21)17(23)25-20/h3-8,12H,1-2H3,(H2,23,25)(H,24,26,27). The number of anilines is 2. The van der Waals surface area contributed by atoms with Gasteiger partial charge in [0.25, 0.3) is 0 Å². The van der Waals surface area contributed by atoms with Crippen molar-refractivity contribution in [3.8, 4) is 23.5 Å². The molecule has 0 saturated heterocycles. The number of aromatic nitrogens is 2. The molecule has 0 saturated carbocycles. The number of carbonyl (C=O) groups is 1. The summed E-state index contributed by atoms with van der Waals surface area (Å²) in [5, 5.41) is 21.6. The van der Waals surface area contributed by atoms with Crippen molar-refractivity contribution < 1.29 is 9.21 Å². The van der Waals surface area contributed by atoms with E-state index >= 15 is 0 Å². The number of amides is 1. The second-order valence-corrected chi connectivity index (χ2v) is 7.38. The number of rotatable bonds is 5. The third-order valence-corrected chi connectivity index (χ3v) is 5.18. The summed E-state index contributed by atoms with van der Waals surface area (Å²) in [6.45, 7) is 3.52. The van der Waals surface area contributed by atoms with E-state index in [2.05, 4.69) is 21.4 Å². The molecule has 0 spiro atoms. The second-order valence-electron chi connectivity index (χ2n) is 6.05. The van der Waals surface area contributed by atoms with E-state index in [9.17, 15) is 15.3 Å². The van der Waals surface area contributed by atoms with Crippen LogP contribution in [0.4, 0.5) is 11.6 Å². The van der Waals surface area contributed by atoms with Crippen LogP contribution in [0.2, 0.25) is 0 Å². The molecule has 3 aromatic rings. The fourth-order valence-electron chi connectivity index (χ4n) is 2.61. The van der Waals surface area contributed by atoms with Gasteiger partial charge >= 0.3 is 0 Å². The molecular weight excluding hydrogens is 388 g/mol. The Balaban J connectivity index is 1.95. The van der Waals surface area contributed by atoms with Gasteiger partial charge in [-0.15, -0.1) is 0 Å². The van der Waals surface area contributed by atoms with E-state index in [1.807, 2.05) is 19.1 Å². The van der Waals surface area contributed by atoms with Crippen LogP contribution < -0.4 is 11.1 Å². The number of thioether (sulfide) groups is 1. The van der Waals surface area contributed by atoms with Gasteiger partial charge in [-0.1, -0.05) is 17.8 Å². The highest BCUT2D eigenvalue weighted by molar-refractivity contribution is 8.00. The highest BCUT2D eigenvalue weighted by Gasteiger charge is 2.25. The van der Waals surface area contributed by atoms with Crippen molar-refractivity contribution in [1.82, 2.24) is 9.97 Å². The van der Waals surface area contributed by atoms with Crippen molar-refractivity contribution >= 4 is 29.3 Å². The topological polar surface area (TPSA) is 142 Å². The molecule has 0 radical (unpaired) electrons. The monoisotopic (exact) mass is 404 g/mol. The minimum absolute atomic E-state index is 0.0337. The van der Waals surface area contributed by atoms with Gasteiger partial charge < -0.3 is 15.5 Å². The highest BCUT2D eigenvalue weighted by atomic mass is 32.2. The zero-order valence-electron chi connectivity index (χ0n) is 15.6. The summed E-state index contributed by atoms with van der Waals surface area (Å²) in [5.41, 5.74) is 7.23. The third kappa shape index (κ3) is 4.05. The van der Waals surface area contributed by atoms with Crippen LogP contribution in [0, 0.1) is 29.6 Å². The molecule has 8 nitrogen and oxygen atoms in total. The number of hydrogen-bond donors (Lipinski definition) is 2. The smallest absolute Gasteiger partial charge is 0.238 e. The number of pyridine rings is 2. The number of hydrogen-bond acceptors (Lipinski definition) is 8. The number of nitriles is 2. The first-order chi connectivity index (χ1) is 14.0. The van der Waals surface area contributed by atoms with Crippen molar-refractivity contribution in [2.24, 2.45) is 0 Å². The summed E-state index contributed by atoms with van der Waals surface area (Å²) < 4.78 is 5.38. The molecule has 3 aromatic heterocycles. The van der Waals surface area contributed by atoms with E-state index in [1.54, 1.807) is 31.3 Å². The molecule has 0 bridgehead atoms. The lowest BCUT2D eigenvalue weighted by Crippen LogP contribution is -2.23. The lowest BCUT2D eigenvalue weighted by molar-refractivity contribution is -0.115. The molecule has 0 fully saturated rings. The van der Waals surface area contributed by atoms with E-state index in [-0.39, 0.29) is 33.4 Å².